The van der Waals surface area contributed by atoms with Crippen LogP contribution in [0.1, 0.15) is 0 Å². The molecule has 0 spiro atoms. The second-order valence-corrected chi connectivity index (χ2v) is 4.36. The lowest BCUT2D eigenvalue weighted by Crippen LogP contribution is -1.76. The van der Waals surface area contributed by atoms with Crippen LogP contribution in [0.4, 0.5) is 0 Å². The van der Waals surface area contributed by atoms with Crippen molar-refractivity contribution in [2.24, 2.45) is 0 Å². The van der Waals surface area contributed by atoms with Crippen LogP contribution in [0.5, 0.6) is 0 Å². The van der Waals surface area contributed by atoms with E-state index >= 15 is 0 Å². The molecule has 3 aromatic carbocycles. The normalized spacial score (nSPS) is 11.5. The van der Waals surface area contributed by atoms with Gasteiger partial charge in [0.1, 0.15) is 5.58 Å². The lowest BCUT2D eigenvalue weighted by atomic mass is 10.0. The zero-order valence-corrected chi connectivity index (χ0v) is 9.18. The Balaban J connectivity index is 2.23. The average molecular weight is 218 g/mol. The number of hydrogen-bond donors (Lipinski definition) is 0. The van der Waals surface area contributed by atoms with E-state index in [9.17, 15) is 0 Å². The van der Waals surface area contributed by atoms with Crippen LogP contribution in [0, 0.1) is 0 Å². The minimum absolute atomic E-state index is 0.952. The highest BCUT2D eigenvalue weighted by molar-refractivity contribution is 6.03. The topological polar surface area (TPSA) is 13.1 Å². The molecule has 0 atom stereocenters. The molecule has 0 saturated carbocycles. The Bertz CT molecular complexity index is 771. The van der Waals surface area contributed by atoms with Crippen LogP contribution in [0.25, 0.3) is 32.5 Å². The van der Waals surface area contributed by atoms with E-state index in [1.54, 1.807) is 6.26 Å². The quantitative estimate of drug-likeness (QED) is 0.388. The number of rotatable bonds is 0. The van der Waals surface area contributed by atoms with Gasteiger partial charge in [0.05, 0.1) is 6.26 Å². The first kappa shape index (κ1) is 8.82. The Kier molecular flexibility index (Phi) is 1.61. The van der Waals surface area contributed by atoms with E-state index in [-0.39, 0.29) is 0 Å². The first-order chi connectivity index (χ1) is 8.40. The Labute approximate surface area is 98.3 Å². The molecule has 0 amide bonds. The molecule has 80 valence electrons. The maximum absolute atomic E-state index is 5.44. The highest BCUT2D eigenvalue weighted by Gasteiger charge is 2.02. The van der Waals surface area contributed by atoms with Crippen molar-refractivity contribution in [3.8, 4) is 0 Å². The molecule has 1 aromatic heterocycles. The van der Waals surface area contributed by atoms with Crippen molar-refractivity contribution in [3.05, 3.63) is 60.9 Å². The van der Waals surface area contributed by atoms with Crippen molar-refractivity contribution in [1.29, 1.82) is 0 Å². The lowest BCUT2D eigenvalue weighted by molar-refractivity contribution is 0.616. The molecule has 1 heteroatoms. The summed E-state index contributed by atoms with van der Waals surface area (Å²) in [5.41, 5.74) is 0.952. The van der Waals surface area contributed by atoms with E-state index in [0.717, 1.165) is 11.0 Å². The van der Waals surface area contributed by atoms with Crippen molar-refractivity contribution in [1.82, 2.24) is 0 Å². The molecular weight excluding hydrogens is 208 g/mol. The third-order valence-electron chi connectivity index (χ3n) is 3.28. The summed E-state index contributed by atoms with van der Waals surface area (Å²) >= 11 is 0. The molecule has 4 rings (SSSR count). The standard InChI is InChI=1S/C16H10O/c1-2-4-12-8-15-10-16-13(5-6-17-16)9-14(15)7-11(12)3-1/h1-10H. The molecule has 4 aromatic rings. The summed E-state index contributed by atoms with van der Waals surface area (Å²) < 4.78 is 5.44. The molecule has 0 saturated heterocycles. The summed E-state index contributed by atoms with van der Waals surface area (Å²) in [7, 11) is 0. The minimum Gasteiger partial charge on any atom is -0.464 e. The van der Waals surface area contributed by atoms with Crippen molar-refractivity contribution in [3.63, 3.8) is 0 Å². The van der Waals surface area contributed by atoms with Gasteiger partial charge in [-0.05, 0) is 51.9 Å². The lowest BCUT2D eigenvalue weighted by Gasteiger charge is -2.02. The largest absolute Gasteiger partial charge is 0.464 e. The Hall–Kier alpha value is -2.28. The first-order valence-corrected chi connectivity index (χ1v) is 5.70. The van der Waals surface area contributed by atoms with Gasteiger partial charge in [-0.3, -0.25) is 0 Å². The zero-order chi connectivity index (χ0) is 11.2. The van der Waals surface area contributed by atoms with Crippen molar-refractivity contribution < 1.29 is 4.42 Å². The number of furan rings is 1. The van der Waals surface area contributed by atoms with E-state index in [1.165, 1.54) is 21.5 Å². The predicted molar refractivity (Wildman–Crippen MR) is 71.2 cm³/mol. The maximum atomic E-state index is 5.44. The summed E-state index contributed by atoms with van der Waals surface area (Å²) in [5, 5.41) is 6.20. The number of benzene rings is 3. The predicted octanol–water partition coefficient (Wildman–Crippen LogP) is 4.74. The highest BCUT2D eigenvalue weighted by Crippen LogP contribution is 2.27. The van der Waals surface area contributed by atoms with Crippen molar-refractivity contribution >= 4 is 32.5 Å². The van der Waals surface area contributed by atoms with Gasteiger partial charge in [-0.25, -0.2) is 0 Å². The average Bonchev–Trinajstić information content (AvgIpc) is 2.80. The van der Waals surface area contributed by atoms with Crippen LogP contribution < -0.4 is 0 Å². The fourth-order valence-electron chi connectivity index (χ4n) is 2.40. The molecule has 0 radical (unpaired) electrons. The van der Waals surface area contributed by atoms with Gasteiger partial charge in [-0.2, -0.15) is 0 Å². The summed E-state index contributed by atoms with van der Waals surface area (Å²) in [6.45, 7) is 0. The first-order valence-electron chi connectivity index (χ1n) is 5.70. The fraction of sp³-hybridized carbons (Fsp3) is 0. The van der Waals surface area contributed by atoms with Crippen LogP contribution >= 0.6 is 0 Å². The third-order valence-corrected chi connectivity index (χ3v) is 3.28. The molecular formula is C16H10O. The third kappa shape index (κ3) is 1.26. The van der Waals surface area contributed by atoms with E-state index in [1.807, 2.05) is 6.07 Å². The van der Waals surface area contributed by atoms with Gasteiger partial charge in [-0.1, -0.05) is 24.3 Å². The smallest absolute Gasteiger partial charge is 0.134 e. The van der Waals surface area contributed by atoms with Gasteiger partial charge >= 0.3 is 0 Å². The summed E-state index contributed by atoms with van der Waals surface area (Å²) in [6, 6.07) is 19.2. The van der Waals surface area contributed by atoms with Crippen molar-refractivity contribution in [2.75, 3.05) is 0 Å². The Morgan fingerprint density at radius 1 is 0.588 bits per heavy atom. The molecule has 0 bridgehead atoms. The summed E-state index contributed by atoms with van der Waals surface area (Å²) in [5.74, 6) is 0. The monoisotopic (exact) mass is 218 g/mol. The van der Waals surface area contributed by atoms with Gasteiger partial charge in [-0.15, -0.1) is 0 Å². The van der Waals surface area contributed by atoms with E-state index in [4.69, 9.17) is 4.42 Å². The number of fused-ring (bicyclic) bond motifs is 3. The molecule has 17 heavy (non-hydrogen) atoms. The Morgan fingerprint density at radius 2 is 1.24 bits per heavy atom. The molecule has 0 unspecified atom stereocenters. The molecule has 0 N–H and O–H groups in total. The second-order valence-electron chi connectivity index (χ2n) is 4.36. The van der Waals surface area contributed by atoms with Gasteiger partial charge in [0, 0.05) is 5.39 Å². The van der Waals surface area contributed by atoms with Crippen LogP contribution in [0.3, 0.4) is 0 Å². The van der Waals surface area contributed by atoms with Crippen molar-refractivity contribution in [2.45, 2.75) is 0 Å². The van der Waals surface area contributed by atoms with E-state index < -0.39 is 0 Å². The van der Waals surface area contributed by atoms with E-state index in [2.05, 4.69) is 48.5 Å². The van der Waals surface area contributed by atoms with E-state index in [0.29, 0.717) is 0 Å². The Morgan fingerprint density at radius 3 is 2.00 bits per heavy atom. The zero-order valence-electron chi connectivity index (χ0n) is 9.18. The summed E-state index contributed by atoms with van der Waals surface area (Å²) in [4.78, 5) is 0. The van der Waals surface area contributed by atoms with Crippen LogP contribution in [0.2, 0.25) is 0 Å². The molecule has 0 fully saturated rings. The molecule has 0 aliphatic rings. The van der Waals surface area contributed by atoms with Crippen LogP contribution in [-0.2, 0) is 0 Å². The maximum Gasteiger partial charge on any atom is 0.134 e. The number of hydrogen-bond acceptors (Lipinski definition) is 1. The minimum atomic E-state index is 0.952. The SMILES string of the molecule is c1ccc2cc3cc4occc4cc3cc2c1. The van der Waals surface area contributed by atoms with Gasteiger partial charge < -0.3 is 4.42 Å². The van der Waals surface area contributed by atoms with Gasteiger partial charge in [0.15, 0.2) is 0 Å². The molecule has 0 aliphatic carbocycles. The summed E-state index contributed by atoms with van der Waals surface area (Å²) in [6.07, 6.45) is 1.74. The van der Waals surface area contributed by atoms with Gasteiger partial charge in [0.2, 0.25) is 0 Å². The van der Waals surface area contributed by atoms with Crippen LogP contribution in [0.15, 0.2) is 65.3 Å². The fourth-order valence-corrected chi connectivity index (χ4v) is 2.40. The highest BCUT2D eigenvalue weighted by atomic mass is 16.3. The van der Waals surface area contributed by atoms with Crippen LogP contribution in [-0.4, -0.2) is 0 Å². The van der Waals surface area contributed by atoms with Gasteiger partial charge in [0.25, 0.3) is 0 Å². The second kappa shape index (κ2) is 3.11. The molecule has 0 aliphatic heterocycles. The molecule has 1 heterocycles. The molecule has 1 nitrogen and oxygen atoms in total.